The molecule has 0 heterocycles. The molecule has 3 aliphatic rings. The lowest BCUT2D eigenvalue weighted by molar-refractivity contribution is 0.0454. The van der Waals surface area contributed by atoms with Crippen LogP contribution in [0.1, 0.15) is 24.8 Å². The summed E-state index contributed by atoms with van der Waals surface area (Å²) in [5.41, 5.74) is 0.956. The molecule has 2 fully saturated rings. The quantitative estimate of drug-likeness (QED) is 0.853. The third-order valence-electron chi connectivity index (χ3n) is 5.76. The molecule has 1 aromatic rings. The minimum absolute atomic E-state index is 0.0665. The van der Waals surface area contributed by atoms with Crippen molar-refractivity contribution in [2.45, 2.75) is 37.2 Å². The van der Waals surface area contributed by atoms with E-state index in [9.17, 15) is 13.2 Å². The lowest BCUT2D eigenvalue weighted by Gasteiger charge is -2.30. The third-order valence-corrected chi connectivity index (χ3v) is 7.08. The number of hydrogen-bond donors (Lipinski definition) is 1. The number of hydrogen-bond acceptors (Lipinski definition) is 4. The molecule has 5 nitrogen and oxygen atoms in total. The monoisotopic (exact) mass is 347 g/mol. The van der Waals surface area contributed by atoms with Crippen LogP contribution < -0.4 is 4.72 Å². The lowest BCUT2D eigenvalue weighted by atomic mass is 9.80. The van der Waals surface area contributed by atoms with Gasteiger partial charge in [0.2, 0.25) is 0 Å². The molecule has 0 aliphatic heterocycles. The van der Waals surface area contributed by atoms with Crippen molar-refractivity contribution in [1.29, 1.82) is 0 Å². The highest BCUT2D eigenvalue weighted by molar-refractivity contribution is 7.90. The summed E-state index contributed by atoms with van der Waals surface area (Å²) in [5, 5.41) is 0. The Hall–Kier alpha value is -1.82. The Bertz CT molecular complexity index is 784. The first-order valence-corrected chi connectivity index (χ1v) is 9.89. The molecule has 5 atom stereocenters. The molecule has 2 bridgehead atoms. The van der Waals surface area contributed by atoms with Crippen molar-refractivity contribution >= 4 is 16.1 Å². The van der Waals surface area contributed by atoms with Crippen LogP contribution in [0.3, 0.4) is 0 Å². The van der Waals surface area contributed by atoms with Gasteiger partial charge in [0.1, 0.15) is 6.10 Å². The minimum Gasteiger partial charge on any atom is -0.445 e. The van der Waals surface area contributed by atoms with Crippen LogP contribution in [-0.4, -0.2) is 20.6 Å². The van der Waals surface area contributed by atoms with Crippen molar-refractivity contribution in [3.63, 3.8) is 0 Å². The van der Waals surface area contributed by atoms with Crippen LogP contribution >= 0.6 is 0 Å². The van der Waals surface area contributed by atoms with E-state index in [1.165, 1.54) is 12.1 Å². The number of sulfonamides is 1. The highest BCUT2D eigenvalue weighted by atomic mass is 32.2. The normalized spacial score (nSPS) is 33.5. The Morgan fingerprint density at radius 3 is 2.67 bits per heavy atom. The third kappa shape index (κ3) is 2.62. The number of nitrogens with one attached hydrogen (secondary N) is 1. The number of ether oxygens (including phenoxy) is 1. The van der Waals surface area contributed by atoms with Gasteiger partial charge in [-0.3, -0.25) is 0 Å². The second-order valence-electron chi connectivity index (χ2n) is 7.16. The highest BCUT2D eigenvalue weighted by Gasteiger charge is 2.53. The highest BCUT2D eigenvalue weighted by Crippen LogP contribution is 2.57. The van der Waals surface area contributed by atoms with Crippen molar-refractivity contribution < 1.29 is 17.9 Å². The molecule has 0 saturated heterocycles. The van der Waals surface area contributed by atoms with Gasteiger partial charge in [0.15, 0.2) is 0 Å². The molecule has 1 N–H and O–H groups in total. The van der Waals surface area contributed by atoms with Crippen LogP contribution in [0.2, 0.25) is 0 Å². The molecule has 1 aromatic carbocycles. The molecule has 0 unspecified atom stereocenters. The number of aryl methyl sites for hydroxylation is 1. The Kier molecular flexibility index (Phi) is 3.67. The molecule has 128 valence electrons. The fourth-order valence-electron chi connectivity index (χ4n) is 4.67. The summed E-state index contributed by atoms with van der Waals surface area (Å²) in [6, 6.07) is 6.36. The zero-order valence-corrected chi connectivity index (χ0v) is 14.3. The first kappa shape index (κ1) is 15.7. The van der Waals surface area contributed by atoms with Crippen molar-refractivity contribution in [3.8, 4) is 0 Å². The summed E-state index contributed by atoms with van der Waals surface area (Å²) < 4.78 is 32.0. The van der Waals surface area contributed by atoms with Crippen molar-refractivity contribution in [1.82, 2.24) is 4.72 Å². The van der Waals surface area contributed by atoms with Crippen LogP contribution in [0, 0.1) is 30.6 Å². The number of carbonyl (C=O) groups is 1. The fraction of sp³-hybridized carbons (Fsp3) is 0.500. The molecule has 1 amide bonds. The molecule has 0 spiro atoms. The van der Waals surface area contributed by atoms with Crippen LogP contribution in [0.4, 0.5) is 4.79 Å². The largest absolute Gasteiger partial charge is 0.445 e. The fourth-order valence-corrected chi connectivity index (χ4v) is 5.55. The van der Waals surface area contributed by atoms with Gasteiger partial charge in [-0.15, -0.1) is 0 Å². The van der Waals surface area contributed by atoms with Gasteiger partial charge in [0, 0.05) is 5.92 Å². The van der Waals surface area contributed by atoms with E-state index in [2.05, 4.69) is 12.2 Å². The number of amides is 1. The van der Waals surface area contributed by atoms with Gasteiger partial charge in [0.05, 0.1) is 4.90 Å². The number of benzene rings is 1. The molecule has 0 aromatic heterocycles. The topological polar surface area (TPSA) is 72.5 Å². The van der Waals surface area contributed by atoms with Crippen LogP contribution in [0.25, 0.3) is 0 Å². The molecule has 0 radical (unpaired) electrons. The summed E-state index contributed by atoms with van der Waals surface area (Å²) in [4.78, 5) is 12.2. The average molecular weight is 347 g/mol. The molecule has 24 heavy (non-hydrogen) atoms. The molecular formula is C18H21NO4S. The molecule has 4 rings (SSSR count). The van der Waals surface area contributed by atoms with E-state index in [1.807, 2.05) is 11.6 Å². The van der Waals surface area contributed by atoms with Crippen molar-refractivity contribution in [3.05, 3.63) is 42.0 Å². The van der Waals surface area contributed by atoms with Crippen molar-refractivity contribution in [2.75, 3.05) is 0 Å². The predicted molar refractivity (Wildman–Crippen MR) is 88.7 cm³/mol. The maximum absolute atomic E-state index is 12.2. The first-order chi connectivity index (χ1) is 11.4. The summed E-state index contributed by atoms with van der Waals surface area (Å²) in [6.45, 7) is 1.87. The molecule has 2 saturated carbocycles. The Labute approximate surface area is 142 Å². The lowest BCUT2D eigenvalue weighted by Crippen LogP contribution is -2.38. The summed E-state index contributed by atoms with van der Waals surface area (Å²) in [7, 11) is -3.89. The summed E-state index contributed by atoms with van der Waals surface area (Å²) >= 11 is 0. The standard InChI is InChI=1S/C18H21NO4S/c1-11-5-7-13(8-6-11)24(21,22)19-18(20)23-17-10-12-9-16(17)15-4-2-3-14(12)15/h2,4-8,12,14-17H,3,9-10H2,1H3,(H,19,20)/t12-,14+,15-,16-,17+/m1/s1. The molecule has 6 heteroatoms. The zero-order valence-electron chi connectivity index (χ0n) is 13.5. The van der Waals surface area contributed by atoms with Gasteiger partial charge in [-0.25, -0.2) is 17.9 Å². The maximum atomic E-state index is 12.2. The van der Waals surface area contributed by atoms with Gasteiger partial charge in [-0.05, 0) is 56.1 Å². The number of fused-ring (bicyclic) bond motifs is 5. The maximum Gasteiger partial charge on any atom is 0.421 e. The first-order valence-electron chi connectivity index (χ1n) is 8.41. The van der Waals surface area contributed by atoms with Gasteiger partial charge in [-0.1, -0.05) is 29.8 Å². The van der Waals surface area contributed by atoms with E-state index < -0.39 is 16.1 Å². The van der Waals surface area contributed by atoms with E-state index in [4.69, 9.17) is 4.74 Å². The van der Waals surface area contributed by atoms with Gasteiger partial charge in [-0.2, -0.15) is 0 Å². The number of allylic oxidation sites excluding steroid dienone is 2. The van der Waals surface area contributed by atoms with Crippen LogP contribution in [-0.2, 0) is 14.8 Å². The van der Waals surface area contributed by atoms with Gasteiger partial charge in [0.25, 0.3) is 10.0 Å². The Morgan fingerprint density at radius 2 is 1.92 bits per heavy atom. The van der Waals surface area contributed by atoms with E-state index >= 15 is 0 Å². The van der Waals surface area contributed by atoms with E-state index in [0.29, 0.717) is 23.7 Å². The van der Waals surface area contributed by atoms with Gasteiger partial charge < -0.3 is 4.74 Å². The van der Waals surface area contributed by atoms with Crippen LogP contribution in [0.15, 0.2) is 41.3 Å². The van der Waals surface area contributed by atoms with E-state index in [-0.39, 0.29) is 11.0 Å². The smallest absolute Gasteiger partial charge is 0.421 e. The van der Waals surface area contributed by atoms with Gasteiger partial charge >= 0.3 is 6.09 Å². The molecular weight excluding hydrogens is 326 g/mol. The second kappa shape index (κ2) is 5.62. The van der Waals surface area contributed by atoms with E-state index in [0.717, 1.165) is 24.8 Å². The minimum atomic E-state index is -3.89. The number of rotatable bonds is 3. The predicted octanol–water partition coefficient (Wildman–Crippen LogP) is 3.01. The Morgan fingerprint density at radius 1 is 1.17 bits per heavy atom. The average Bonchev–Trinajstić information content (AvgIpc) is 3.19. The van der Waals surface area contributed by atoms with Crippen molar-refractivity contribution in [2.24, 2.45) is 23.7 Å². The zero-order chi connectivity index (χ0) is 16.9. The van der Waals surface area contributed by atoms with Crippen LogP contribution in [0.5, 0.6) is 0 Å². The number of carbonyl (C=O) groups excluding carboxylic acids is 1. The summed E-state index contributed by atoms with van der Waals surface area (Å²) in [6.07, 6.45) is 6.49. The molecule has 3 aliphatic carbocycles. The second-order valence-corrected chi connectivity index (χ2v) is 8.85. The summed E-state index contributed by atoms with van der Waals surface area (Å²) in [5.74, 6) is 2.14. The van der Waals surface area contributed by atoms with E-state index in [1.54, 1.807) is 12.1 Å². The SMILES string of the molecule is Cc1ccc(S(=O)(=O)NC(=O)O[C@H]2C[C@H]3C[C@@H]2[C@@H]2C=CC[C@@H]32)cc1. The Balaban J connectivity index is 1.40.